The van der Waals surface area contributed by atoms with E-state index in [0.29, 0.717) is 0 Å². The topological polar surface area (TPSA) is 6.48 Å². The summed E-state index contributed by atoms with van der Waals surface area (Å²) < 4.78 is 0. The third-order valence-electron chi connectivity index (χ3n) is 10.6. The molecule has 0 fully saturated rings. The molecule has 9 aromatic carbocycles. The molecule has 1 heterocycles. The Bertz CT molecular complexity index is 2710. The van der Waals surface area contributed by atoms with E-state index in [1.54, 1.807) is 0 Å². The van der Waals surface area contributed by atoms with Gasteiger partial charge in [-0.2, -0.15) is 0 Å². The summed E-state index contributed by atoms with van der Waals surface area (Å²) in [6.07, 6.45) is 0. The lowest BCUT2D eigenvalue weighted by molar-refractivity contribution is 1.29. The predicted molar refractivity (Wildman–Crippen MR) is 229 cm³/mol. The minimum absolute atomic E-state index is 1.10. The number of anilines is 6. The molecule has 0 amide bonds. The molecule has 0 aromatic heterocycles. The first-order valence-corrected chi connectivity index (χ1v) is 18.5. The molecule has 0 bridgehead atoms. The minimum Gasteiger partial charge on any atom is -0.310 e. The highest BCUT2D eigenvalue weighted by Crippen LogP contribution is 2.51. The van der Waals surface area contributed by atoms with Crippen molar-refractivity contribution in [1.82, 2.24) is 0 Å². The quantitative estimate of drug-likeness (QED) is 0.172. The molecule has 54 heavy (non-hydrogen) atoms. The first kappa shape index (κ1) is 31.6. The maximum atomic E-state index is 2.43. The Hall–Kier alpha value is -7.16. The molecule has 254 valence electrons. The van der Waals surface area contributed by atoms with Crippen LogP contribution in [0.25, 0.3) is 55.3 Å². The lowest BCUT2D eigenvalue weighted by Crippen LogP contribution is -2.11. The highest BCUT2D eigenvalue weighted by molar-refractivity contribution is 6.03. The molecule has 1 aliphatic heterocycles. The van der Waals surface area contributed by atoms with E-state index in [2.05, 4.69) is 228 Å². The van der Waals surface area contributed by atoms with Crippen LogP contribution in [0.3, 0.4) is 0 Å². The number of para-hydroxylation sites is 2. The van der Waals surface area contributed by atoms with Gasteiger partial charge in [0.05, 0.1) is 17.1 Å². The Labute approximate surface area is 316 Å². The molecule has 0 radical (unpaired) electrons. The van der Waals surface area contributed by atoms with Gasteiger partial charge >= 0.3 is 0 Å². The molecule has 0 aliphatic carbocycles. The fourth-order valence-corrected chi connectivity index (χ4v) is 8.07. The van der Waals surface area contributed by atoms with Crippen LogP contribution < -0.4 is 9.80 Å². The van der Waals surface area contributed by atoms with Gasteiger partial charge in [-0.1, -0.05) is 164 Å². The van der Waals surface area contributed by atoms with Crippen molar-refractivity contribution in [3.63, 3.8) is 0 Å². The fourth-order valence-electron chi connectivity index (χ4n) is 8.07. The van der Waals surface area contributed by atoms with Crippen LogP contribution in [0.2, 0.25) is 0 Å². The van der Waals surface area contributed by atoms with Crippen molar-refractivity contribution < 1.29 is 0 Å². The van der Waals surface area contributed by atoms with E-state index in [4.69, 9.17) is 0 Å². The average Bonchev–Trinajstić information content (AvgIpc) is 3.37. The van der Waals surface area contributed by atoms with Crippen molar-refractivity contribution in [2.24, 2.45) is 0 Å². The summed E-state index contributed by atoms with van der Waals surface area (Å²) in [5, 5.41) is 2.42. The van der Waals surface area contributed by atoms with E-state index >= 15 is 0 Å². The Kier molecular flexibility index (Phi) is 7.85. The summed E-state index contributed by atoms with van der Waals surface area (Å²) in [4.78, 5) is 4.82. The van der Waals surface area contributed by atoms with Gasteiger partial charge < -0.3 is 9.80 Å². The first-order chi connectivity index (χ1) is 26.8. The maximum Gasteiger partial charge on any atom is 0.0540 e. The van der Waals surface area contributed by atoms with Crippen molar-refractivity contribution in [2.45, 2.75) is 0 Å². The van der Waals surface area contributed by atoms with E-state index in [-0.39, 0.29) is 0 Å². The van der Waals surface area contributed by atoms with E-state index in [1.807, 2.05) is 0 Å². The largest absolute Gasteiger partial charge is 0.310 e. The predicted octanol–water partition coefficient (Wildman–Crippen LogP) is 14.8. The van der Waals surface area contributed by atoms with Gasteiger partial charge in [-0.15, -0.1) is 0 Å². The summed E-state index contributed by atoms with van der Waals surface area (Å²) in [5.41, 5.74) is 16.5. The normalized spacial score (nSPS) is 11.7. The fraction of sp³-hybridized carbons (Fsp3) is 0. The summed E-state index contributed by atoms with van der Waals surface area (Å²) in [6.45, 7) is 0. The molecule has 2 heteroatoms. The zero-order chi connectivity index (χ0) is 35.8. The standard InChI is InChI=1S/C52H36N2/c1-2-15-37(16-3-1)38-31-33-42(34-32-38)53(50-30-14-18-39-17-4-5-23-45(39)50)43-21-12-19-40(35-43)41-20-13-22-44(36-41)54-51-28-10-8-26-48(51)46-24-6-7-25-47(46)49-27-9-11-29-52(49)54/h1-36H. The van der Waals surface area contributed by atoms with Gasteiger partial charge in [0, 0.05) is 33.6 Å². The van der Waals surface area contributed by atoms with Crippen LogP contribution in [0.1, 0.15) is 0 Å². The second-order valence-corrected chi connectivity index (χ2v) is 13.8. The number of nitrogens with zero attached hydrogens (tertiary/aromatic N) is 2. The van der Waals surface area contributed by atoms with Crippen LogP contribution in [0, 0.1) is 0 Å². The zero-order valence-corrected chi connectivity index (χ0v) is 29.7. The molecule has 9 aromatic rings. The Morgan fingerprint density at radius 1 is 0.315 bits per heavy atom. The Balaban J connectivity index is 1.10. The van der Waals surface area contributed by atoms with E-state index < -0.39 is 0 Å². The van der Waals surface area contributed by atoms with Gasteiger partial charge in [-0.25, -0.2) is 0 Å². The van der Waals surface area contributed by atoms with Crippen molar-refractivity contribution in [2.75, 3.05) is 9.80 Å². The van der Waals surface area contributed by atoms with Gasteiger partial charge in [-0.05, 0) is 93.4 Å². The summed E-state index contributed by atoms with van der Waals surface area (Å²) in [6, 6.07) is 79.0. The highest BCUT2D eigenvalue weighted by atomic mass is 15.2. The zero-order valence-electron chi connectivity index (χ0n) is 29.7. The van der Waals surface area contributed by atoms with Crippen molar-refractivity contribution in [3.05, 3.63) is 218 Å². The van der Waals surface area contributed by atoms with Crippen LogP contribution in [-0.4, -0.2) is 0 Å². The molecule has 2 nitrogen and oxygen atoms in total. The van der Waals surface area contributed by atoms with E-state index in [1.165, 1.54) is 55.5 Å². The summed E-state index contributed by atoms with van der Waals surface area (Å²) in [5.74, 6) is 0. The number of fused-ring (bicyclic) bond motifs is 6. The third kappa shape index (κ3) is 5.53. The molecular weight excluding hydrogens is 653 g/mol. The van der Waals surface area contributed by atoms with E-state index in [0.717, 1.165) is 33.9 Å². The van der Waals surface area contributed by atoms with Crippen LogP contribution in [-0.2, 0) is 0 Å². The van der Waals surface area contributed by atoms with Gasteiger partial charge in [0.15, 0.2) is 0 Å². The van der Waals surface area contributed by atoms with Crippen molar-refractivity contribution >= 4 is 44.9 Å². The molecule has 1 aliphatic rings. The first-order valence-electron chi connectivity index (χ1n) is 18.5. The lowest BCUT2D eigenvalue weighted by atomic mass is 9.95. The second kappa shape index (κ2) is 13.4. The van der Waals surface area contributed by atoms with Crippen LogP contribution >= 0.6 is 0 Å². The number of hydrogen-bond donors (Lipinski definition) is 0. The average molecular weight is 689 g/mol. The molecule has 0 saturated heterocycles. The molecule has 0 N–H and O–H groups in total. The maximum absolute atomic E-state index is 2.43. The lowest BCUT2D eigenvalue weighted by Gasteiger charge is -2.28. The molecule has 0 spiro atoms. The Morgan fingerprint density at radius 2 is 0.833 bits per heavy atom. The highest BCUT2D eigenvalue weighted by Gasteiger charge is 2.26. The van der Waals surface area contributed by atoms with Crippen molar-refractivity contribution in [3.8, 4) is 44.5 Å². The van der Waals surface area contributed by atoms with Crippen LogP contribution in [0.4, 0.5) is 34.1 Å². The molecule has 0 saturated carbocycles. The third-order valence-corrected chi connectivity index (χ3v) is 10.6. The van der Waals surface area contributed by atoms with Crippen LogP contribution in [0.15, 0.2) is 218 Å². The number of benzene rings is 9. The van der Waals surface area contributed by atoms with Gasteiger partial charge in [0.1, 0.15) is 0 Å². The Morgan fingerprint density at radius 3 is 1.56 bits per heavy atom. The SMILES string of the molecule is c1ccc(-c2ccc(N(c3cccc(-c4cccc(N5c6ccccc6-c6ccccc6-c6ccccc65)c4)c3)c3cccc4ccccc34)cc2)cc1. The van der Waals surface area contributed by atoms with Gasteiger partial charge in [-0.3, -0.25) is 0 Å². The summed E-state index contributed by atoms with van der Waals surface area (Å²) in [7, 11) is 0. The van der Waals surface area contributed by atoms with E-state index in [9.17, 15) is 0 Å². The molecule has 10 rings (SSSR count). The number of hydrogen-bond acceptors (Lipinski definition) is 2. The van der Waals surface area contributed by atoms with Gasteiger partial charge in [0.2, 0.25) is 0 Å². The monoisotopic (exact) mass is 688 g/mol. The van der Waals surface area contributed by atoms with Crippen LogP contribution in [0.5, 0.6) is 0 Å². The number of rotatable bonds is 6. The molecule has 0 unspecified atom stereocenters. The van der Waals surface area contributed by atoms with Gasteiger partial charge in [0.25, 0.3) is 0 Å². The second-order valence-electron chi connectivity index (χ2n) is 13.8. The smallest absolute Gasteiger partial charge is 0.0540 e. The molecule has 0 atom stereocenters. The summed E-state index contributed by atoms with van der Waals surface area (Å²) >= 11 is 0. The minimum atomic E-state index is 1.10. The van der Waals surface area contributed by atoms with Crippen molar-refractivity contribution in [1.29, 1.82) is 0 Å². The molecular formula is C52H36N2.